The SMILES string of the molecule is C[Si](C)(C)O[C@H]([C@H](O[Si](C)(C)C)[C@H](C=O)O[Si](C)(C)C)[C@@H](COP(=O)(O[Si](C)(C)C)O[Si](C)(C)C)O[Si](C)(C)C. The maximum absolute atomic E-state index is 14.0. The molecule has 0 aliphatic heterocycles. The first-order valence-corrected chi connectivity index (χ1v) is 36.1. The van der Waals surface area contributed by atoms with E-state index in [1.54, 1.807) is 0 Å². The lowest BCUT2D eigenvalue weighted by atomic mass is 10.0. The van der Waals surface area contributed by atoms with Crippen LogP contribution in [0, 0.1) is 0 Å². The van der Waals surface area contributed by atoms with Crippen LogP contribution >= 0.6 is 7.82 Å². The molecule has 4 atom stereocenters. The third-order valence-corrected chi connectivity index (χ3v) is 14.9. The Balaban J connectivity index is 6.93. The molecule has 0 amide bonds. The van der Waals surface area contributed by atoms with Gasteiger partial charge >= 0.3 is 7.82 Å². The van der Waals surface area contributed by atoms with Crippen molar-refractivity contribution in [3.05, 3.63) is 0 Å². The highest BCUT2D eigenvalue weighted by atomic mass is 31.2. The van der Waals surface area contributed by atoms with Gasteiger partial charge in [0.25, 0.3) is 0 Å². The van der Waals surface area contributed by atoms with E-state index in [2.05, 4.69) is 58.9 Å². The maximum Gasteiger partial charge on any atom is 0.455 e. The van der Waals surface area contributed by atoms with E-state index in [1.807, 2.05) is 58.9 Å². The number of rotatable bonds is 19. The zero-order chi connectivity index (χ0) is 32.2. The van der Waals surface area contributed by atoms with Gasteiger partial charge in [-0.3, -0.25) is 4.52 Å². The molecule has 0 aliphatic rings. The Bertz CT molecular complexity index is 817. The van der Waals surface area contributed by atoms with E-state index >= 15 is 0 Å². The van der Waals surface area contributed by atoms with Crippen molar-refractivity contribution >= 4 is 64.0 Å². The molecule has 0 N–H and O–H groups in total. The van der Waals surface area contributed by atoms with Gasteiger partial charge in [0.05, 0.1) is 12.7 Å². The molecule has 0 aromatic heterocycles. The van der Waals surface area contributed by atoms with Crippen molar-refractivity contribution in [2.75, 3.05) is 6.61 Å². The Labute approximate surface area is 252 Å². The van der Waals surface area contributed by atoms with Crippen molar-refractivity contribution in [1.29, 1.82) is 0 Å². The van der Waals surface area contributed by atoms with Crippen molar-refractivity contribution in [3.8, 4) is 0 Å². The lowest BCUT2D eigenvalue weighted by Crippen LogP contribution is -2.59. The largest absolute Gasteiger partial charge is 0.455 e. The summed E-state index contributed by atoms with van der Waals surface area (Å²) in [6.07, 6.45) is -2.16. The number of aldehydes is 1. The Morgan fingerprint density at radius 1 is 0.525 bits per heavy atom. The average Bonchev–Trinajstić information content (AvgIpc) is 2.59. The normalized spacial score (nSPS) is 17.9. The van der Waals surface area contributed by atoms with E-state index in [1.165, 1.54) is 0 Å². The molecule has 40 heavy (non-hydrogen) atoms. The van der Waals surface area contributed by atoms with Crippen LogP contribution in [0.2, 0.25) is 118 Å². The number of phosphoric acid groups is 1. The first-order chi connectivity index (χ1) is 17.3. The minimum absolute atomic E-state index is 0.101. The second-order valence-electron chi connectivity index (χ2n) is 16.1. The van der Waals surface area contributed by atoms with Gasteiger partial charge in [0, 0.05) is 0 Å². The van der Waals surface area contributed by atoms with Crippen LogP contribution in [0.3, 0.4) is 0 Å². The van der Waals surface area contributed by atoms with Gasteiger partial charge in [0.2, 0.25) is 0 Å². The molecular weight excluding hydrogens is 632 g/mol. The van der Waals surface area contributed by atoms with E-state index in [9.17, 15) is 9.36 Å². The summed E-state index contributed by atoms with van der Waals surface area (Å²) < 4.78 is 58.8. The van der Waals surface area contributed by atoms with Crippen LogP contribution in [0.25, 0.3) is 0 Å². The fraction of sp³-hybridized carbons (Fsp3) is 0.958. The highest BCUT2D eigenvalue weighted by molar-refractivity contribution is 7.52. The summed E-state index contributed by atoms with van der Waals surface area (Å²) in [6.45, 7) is 36.4. The van der Waals surface area contributed by atoms with Crippen LogP contribution in [0.1, 0.15) is 0 Å². The standard InChI is InChI=1S/C24H61O9PSi6/c1-35(2,3)28-21(19-25)23(30-37(7,8)9)24(31-38(10,11)12)22(29-36(4,5)6)20-27-34(26,32-39(13,14)15)33-40(16,17)18/h19,21-24H,20H2,1-18H3/t21-,22+,23+,24-/m0/s1. The molecule has 0 saturated heterocycles. The predicted octanol–water partition coefficient (Wildman–Crippen LogP) is 7.89. The fourth-order valence-electron chi connectivity index (χ4n) is 3.63. The van der Waals surface area contributed by atoms with Gasteiger partial charge in [-0.2, -0.15) is 0 Å². The van der Waals surface area contributed by atoms with Crippen LogP contribution < -0.4 is 0 Å². The zero-order valence-corrected chi connectivity index (χ0v) is 35.6. The molecule has 0 spiro atoms. The fourth-order valence-corrected chi connectivity index (χ4v) is 14.5. The smallest absolute Gasteiger partial charge is 0.410 e. The molecule has 0 rings (SSSR count). The number of hydrogen-bond donors (Lipinski definition) is 0. The topological polar surface area (TPSA) is 98.8 Å². The van der Waals surface area contributed by atoms with Crippen LogP contribution in [0.15, 0.2) is 0 Å². The molecule has 0 aliphatic carbocycles. The third kappa shape index (κ3) is 20.0. The van der Waals surface area contributed by atoms with Gasteiger partial charge in [-0.25, -0.2) is 4.57 Å². The molecule has 0 saturated carbocycles. The summed E-state index contributed by atoms with van der Waals surface area (Å²) >= 11 is 0. The summed E-state index contributed by atoms with van der Waals surface area (Å²) in [7, 11) is -17.3. The number of carbonyl (C=O) groups excluding carboxylic acids is 1. The zero-order valence-electron chi connectivity index (χ0n) is 28.7. The summed E-state index contributed by atoms with van der Waals surface area (Å²) in [4.78, 5) is 12.6. The maximum atomic E-state index is 14.0. The Morgan fingerprint density at radius 2 is 0.875 bits per heavy atom. The molecular formula is C24H61O9PSi6. The quantitative estimate of drug-likeness (QED) is 0.0760. The molecule has 0 unspecified atom stereocenters. The molecule has 0 fully saturated rings. The van der Waals surface area contributed by atoms with Crippen LogP contribution in [0.5, 0.6) is 0 Å². The van der Waals surface area contributed by atoms with E-state index in [4.69, 9.17) is 30.7 Å². The second kappa shape index (κ2) is 14.8. The average molecular weight is 693 g/mol. The highest BCUT2D eigenvalue weighted by Crippen LogP contribution is 2.54. The molecule has 16 heteroatoms. The van der Waals surface area contributed by atoms with E-state index < -0.39 is 82.1 Å². The first-order valence-electron chi connectivity index (χ1n) is 14.2. The minimum Gasteiger partial charge on any atom is -0.410 e. The van der Waals surface area contributed by atoms with E-state index in [0.717, 1.165) is 6.29 Å². The van der Waals surface area contributed by atoms with Gasteiger partial charge < -0.3 is 30.9 Å². The van der Waals surface area contributed by atoms with Gasteiger partial charge in [0.15, 0.2) is 49.9 Å². The third-order valence-electron chi connectivity index (χ3n) is 4.29. The van der Waals surface area contributed by atoms with Gasteiger partial charge in [-0.1, -0.05) is 0 Å². The van der Waals surface area contributed by atoms with Crippen LogP contribution in [-0.2, 0) is 40.0 Å². The van der Waals surface area contributed by atoms with Gasteiger partial charge in [0.1, 0.15) is 24.6 Å². The Morgan fingerprint density at radius 3 is 1.18 bits per heavy atom. The van der Waals surface area contributed by atoms with Crippen molar-refractivity contribution < 1.29 is 40.0 Å². The van der Waals surface area contributed by atoms with Gasteiger partial charge in [-0.05, 0) is 118 Å². The van der Waals surface area contributed by atoms with Gasteiger partial charge in [-0.15, -0.1) is 0 Å². The molecule has 0 heterocycles. The molecule has 0 aromatic carbocycles. The van der Waals surface area contributed by atoms with Crippen molar-refractivity contribution in [1.82, 2.24) is 0 Å². The number of hydrogen-bond acceptors (Lipinski definition) is 9. The van der Waals surface area contributed by atoms with Crippen LogP contribution in [-0.4, -0.2) is 87.2 Å². The molecule has 0 radical (unpaired) electrons. The Kier molecular flexibility index (Phi) is 15.1. The van der Waals surface area contributed by atoms with Crippen molar-refractivity contribution in [2.45, 2.75) is 142 Å². The highest BCUT2D eigenvalue weighted by Gasteiger charge is 2.46. The first kappa shape index (κ1) is 40.9. The summed E-state index contributed by atoms with van der Waals surface area (Å²) in [6, 6.07) is 0. The predicted molar refractivity (Wildman–Crippen MR) is 181 cm³/mol. The summed E-state index contributed by atoms with van der Waals surface area (Å²) in [5.41, 5.74) is 0. The molecule has 0 bridgehead atoms. The van der Waals surface area contributed by atoms with E-state index in [0.29, 0.717) is 0 Å². The molecule has 9 nitrogen and oxygen atoms in total. The lowest BCUT2D eigenvalue weighted by molar-refractivity contribution is -0.127. The van der Waals surface area contributed by atoms with Crippen molar-refractivity contribution in [2.24, 2.45) is 0 Å². The molecule has 240 valence electrons. The van der Waals surface area contributed by atoms with Crippen LogP contribution in [0.4, 0.5) is 0 Å². The van der Waals surface area contributed by atoms with Crippen molar-refractivity contribution in [3.63, 3.8) is 0 Å². The summed E-state index contributed by atoms with van der Waals surface area (Å²) in [5.74, 6) is 0. The molecule has 0 aromatic rings. The number of carbonyl (C=O) groups is 1. The monoisotopic (exact) mass is 692 g/mol. The second-order valence-corrected chi connectivity index (χ2v) is 45.0. The van der Waals surface area contributed by atoms with E-state index in [-0.39, 0.29) is 6.61 Å². The lowest BCUT2D eigenvalue weighted by Gasteiger charge is -2.44. The summed E-state index contributed by atoms with van der Waals surface area (Å²) in [5, 5.41) is 0. The Hall–Kier alpha value is 0.921. The minimum atomic E-state index is -3.92.